The summed E-state index contributed by atoms with van der Waals surface area (Å²) in [7, 11) is 1.36. The lowest BCUT2D eigenvalue weighted by Crippen LogP contribution is -2.51. The standard InChI is InChI=1S/C25H35N7O4/c1-35-36-17-20(14-26)24(29-15-18-7-9-19(10-8-18)23(27)28)30-21-6-2-3-13-32(25(21)34)16-22(33)31-11-4-5-12-31/h7-10,20-21H,2-6,11-13,15-17H2,1H3,(H3,27,28)(H,29,30). The molecule has 0 spiro atoms. The first-order valence-electron chi connectivity index (χ1n) is 12.3. The zero-order valence-corrected chi connectivity index (χ0v) is 20.7. The number of hydrogen-bond donors (Lipinski definition) is 3. The molecular weight excluding hydrogens is 462 g/mol. The molecule has 2 saturated heterocycles. The Bertz CT molecular complexity index is 983. The lowest BCUT2D eigenvalue weighted by atomic mass is 10.1. The molecule has 194 valence electrons. The van der Waals surface area contributed by atoms with E-state index in [0.717, 1.165) is 44.3 Å². The highest BCUT2D eigenvalue weighted by Gasteiger charge is 2.32. The van der Waals surface area contributed by atoms with Gasteiger partial charge in [0.2, 0.25) is 11.8 Å². The molecule has 0 bridgehead atoms. The third-order valence-corrected chi connectivity index (χ3v) is 6.42. The zero-order valence-electron chi connectivity index (χ0n) is 20.7. The second kappa shape index (κ2) is 13.6. The smallest absolute Gasteiger partial charge is 0.245 e. The summed E-state index contributed by atoms with van der Waals surface area (Å²) in [6, 6.07) is 8.67. The molecule has 36 heavy (non-hydrogen) atoms. The van der Waals surface area contributed by atoms with Crippen molar-refractivity contribution in [1.82, 2.24) is 15.1 Å². The van der Waals surface area contributed by atoms with E-state index in [9.17, 15) is 14.9 Å². The maximum Gasteiger partial charge on any atom is 0.245 e. The van der Waals surface area contributed by atoms with Crippen LogP contribution in [0.1, 0.15) is 43.2 Å². The Morgan fingerprint density at radius 2 is 1.94 bits per heavy atom. The number of nitriles is 1. The molecule has 11 heteroatoms. The van der Waals surface area contributed by atoms with Gasteiger partial charge in [0.15, 0.2) is 0 Å². The summed E-state index contributed by atoms with van der Waals surface area (Å²) in [6.07, 6.45) is 4.19. The van der Waals surface area contributed by atoms with Crippen molar-refractivity contribution in [1.29, 1.82) is 10.7 Å². The molecule has 2 amide bonds. The Balaban J connectivity index is 1.75. The highest BCUT2D eigenvalue weighted by atomic mass is 17.2. The molecule has 0 aliphatic carbocycles. The van der Waals surface area contributed by atoms with E-state index < -0.39 is 12.0 Å². The summed E-state index contributed by atoms with van der Waals surface area (Å²) < 4.78 is 0. The van der Waals surface area contributed by atoms with Gasteiger partial charge in [-0.1, -0.05) is 24.3 Å². The number of nitrogens with zero attached hydrogens (tertiary/aromatic N) is 4. The molecule has 11 nitrogen and oxygen atoms in total. The number of amidine groups is 2. The molecule has 2 aliphatic heterocycles. The number of benzene rings is 1. The van der Waals surface area contributed by atoms with Crippen molar-refractivity contribution in [3.63, 3.8) is 0 Å². The van der Waals surface area contributed by atoms with Crippen LogP contribution in [0.25, 0.3) is 0 Å². The Morgan fingerprint density at radius 3 is 2.58 bits per heavy atom. The fraction of sp³-hybridized carbons (Fsp3) is 0.560. The van der Waals surface area contributed by atoms with Crippen molar-refractivity contribution >= 4 is 23.5 Å². The summed E-state index contributed by atoms with van der Waals surface area (Å²) in [5, 5.41) is 20.5. The molecule has 0 saturated carbocycles. The molecule has 3 rings (SSSR count). The fourth-order valence-electron chi connectivity index (χ4n) is 4.34. The normalized spacial score (nSPS) is 19.5. The lowest BCUT2D eigenvalue weighted by molar-refractivity contribution is -0.274. The van der Waals surface area contributed by atoms with Gasteiger partial charge in [-0.3, -0.25) is 20.0 Å². The molecule has 0 radical (unpaired) electrons. The van der Waals surface area contributed by atoms with E-state index in [1.807, 2.05) is 17.0 Å². The fourth-order valence-corrected chi connectivity index (χ4v) is 4.34. The van der Waals surface area contributed by atoms with E-state index in [-0.39, 0.29) is 37.3 Å². The Hall–Kier alpha value is -3.49. The molecule has 2 heterocycles. The van der Waals surface area contributed by atoms with Gasteiger partial charge < -0.3 is 20.9 Å². The third kappa shape index (κ3) is 7.50. The van der Waals surface area contributed by atoms with Crippen LogP contribution in [-0.2, 0) is 25.9 Å². The van der Waals surface area contributed by atoms with Gasteiger partial charge in [0.05, 0.1) is 26.3 Å². The number of carbonyl (C=O) groups excluding carboxylic acids is 2. The average Bonchev–Trinajstić information content (AvgIpc) is 3.37. The highest BCUT2D eigenvalue weighted by molar-refractivity contribution is 5.95. The van der Waals surface area contributed by atoms with Crippen molar-refractivity contribution in [2.75, 3.05) is 39.9 Å². The van der Waals surface area contributed by atoms with E-state index in [1.165, 1.54) is 7.11 Å². The van der Waals surface area contributed by atoms with Crippen molar-refractivity contribution in [3.05, 3.63) is 35.4 Å². The molecule has 4 N–H and O–H groups in total. The highest BCUT2D eigenvalue weighted by Crippen LogP contribution is 2.16. The van der Waals surface area contributed by atoms with Gasteiger partial charge >= 0.3 is 0 Å². The van der Waals surface area contributed by atoms with Crippen molar-refractivity contribution in [2.24, 2.45) is 16.6 Å². The number of nitrogens with one attached hydrogen (secondary N) is 2. The second-order valence-corrected chi connectivity index (χ2v) is 8.99. The van der Waals surface area contributed by atoms with Crippen molar-refractivity contribution < 1.29 is 19.4 Å². The molecule has 1 aromatic rings. The molecule has 1 aromatic carbocycles. The minimum absolute atomic E-state index is 0.0201. The predicted octanol–water partition coefficient (Wildman–Crippen LogP) is 1.18. The Kier molecular flexibility index (Phi) is 10.2. The van der Waals surface area contributed by atoms with Crippen molar-refractivity contribution in [2.45, 2.75) is 44.7 Å². The van der Waals surface area contributed by atoms with Crippen LogP contribution in [-0.4, -0.2) is 79.2 Å². The van der Waals surface area contributed by atoms with Crippen LogP contribution in [0.2, 0.25) is 0 Å². The molecule has 2 unspecified atom stereocenters. The number of rotatable bonds is 10. The number of carbonyl (C=O) groups is 2. The molecular formula is C25H35N7O4. The van der Waals surface area contributed by atoms with Gasteiger partial charge in [0.25, 0.3) is 0 Å². The number of amides is 2. The minimum Gasteiger partial charge on any atom is -0.384 e. The van der Waals surface area contributed by atoms with Gasteiger partial charge in [-0.05, 0) is 37.7 Å². The van der Waals surface area contributed by atoms with Crippen LogP contribution in [0.4, 0.5) is 0 Å². The van der Waals surface area contributed by atoms with E-state index in [1.54, 1.807) is 17.0 Å². The molecule has 2 aliphatic rings. The summed E-state index contributed by atoms with van der Waals surface area (Å²) in [6.45, 7) is 2.29. The third-order valence-electron chi connectivity index (χ3n) is 6.42. The summed E-state index contributed by atoms with van der Waals surface area (Å²) in [5.41, 5.74) is 6.98. The summed E-state index contributed by atoms with van der Waals surface area (Å²) in [5.74, 6) is -0.655. The first kappa shape index (κ1) is 27.1. The molecule has 2 atom stereocenters. The predicted molar refractivity (Wildman–Crippen MR) is 134 cm³/mol. The molecule has 2 fully saturated rings. The van der Waals surface area contributed by atoms with Crippen LogP contribution in [0.5, 0.6) is 0 Å². The van der Waals surface area contributed by atoms with Crippen LogP contribution >= 0.6 is 0 Å². The number of aliphatic imine (C=N–C) groups is 1. The van der Waals surface area contributed by atoms with Gasteiger partial charge in [-0.15, -0.1) is 0 Å². The number of nitrogens with two attached hydrogens (primary N) is 1. The maximum absolute atomic E-state index is 13.4. The van der Waals surface area contributed by atoms with Crippen LogP contribution in [0, 0.1) is 22.7 Å². The number of hydrogen-bond acceptors (Lipinski definition) is 7. The van der Waals surface area contributed by atoms with Crippen LogP contribution in [0.3, 0.4) is 0 Å². The van der Waals surface area contributed by atoms with E-state index >= 15 is 0 Å². The Morgan fingerprint density at radius 1 is 1.25 bits per heavy atom. The van der Waals surface area contributed by atoms with Crippen LogP contribution < -0.4 is 11.1 Å². The minimum atomic E-state index is -0.780. The Labute approximate surface area is 211 Å². The van der Waals surface area contributed by atoms with E-state index in [2.05, 4.69) is 21.3 Å². The maximum atomic E-state index is 13.4. The monoisotopic (exact) mass is 497 g/mol. The second-order valence-electron chi connectivity index (χ2n) is 8.99. The number of nitrogen functional groups attached to an aromatic ring is 1. The first-order valence-corrected chi connectivity index (χ1v) is 12.3. The SMILES string of the molecule is COOCC(C#N)C(=NCc1ccc(C(=N)N)cc1)NC1CCCCN(CC(=O)N2CCCC2)C1=O. The van der Waals surface area contributed by atoms with Gasteiger partial charge in [0, 0.05) is 25.2 Å². The largest absolute Gasteiger partial charge is 0.384 e. The van der Waals surface area contributed by atoms with E-state index in [4.69, 9.17) is 16.0 Å². The van der Waals surface area contributed by atoms with Crippen LogP contribution in [0.15, 0.2) is 29.3 Å². The zero-order chi connectivity index (χ0) is 25.9. The summed E-state index contributed by atoms with van der Waals surface area (Å²) in [4.78, 5) is 43.8. The van der Waals surface area contributed by atoms with Gasteiger partial charge in [0.1, 0.15) is 30.2 Å². The van der Waals surface area contributed by atoms with Gasteiger partial charge in [-0.2, -0.15) is 5.26 Å². The first-order chi connectivity index (χ1) is 17.4. The lowest BCUT2D eigenvalue weighted by Gasteiger charge is -2.28. The van der Waals surface area contributed by atoms with E-state index in [0.29, 0.717) is 24.4 Å². The molecule has 0 aromatic heterocycles. The topological polar surface area (TPSA) is 157 Å². The average molecular weight is 498 g/mol. The van der Waals surface area contributed by atoms with Gasteiger partial charge in [-0.25, -0.2) is 9.78 Å². The number of likely N-dealkylation sites (tertiary alicyclic amines) is 2. The summed E-state index contributed by atoms with van der Waals surface area (Å²) >= 11 is 0. The van der Waals surface area contributed by atoms with Crippen molar-refractivity contribution in [3.8, 4) is 6.07 Å². The quantitative estimate of drug-likeness (QED) is 0.190.